The van der Waals surface area contributed by atoms with Crippen LogP contribution in [0.4, 0.5) is 11.4 Å². The number of nitro groups is 1. The number of hydrogen-bond donors (Lipinski definition) is 0. The first-order valence-electron chi connectivity index (χ1n) is 5.71. The van der Waals surface area contributed by atoms with Gasteiger partial charge in [0.1, 0.15) is 5.69 Å². The van der Waals surface area contributed by atoms with E-state index < -0.39 is 0 Å². The first-order chi connectivity index (χ1) is 8.02. The first-order valence-corrected chi connectivity index (χ1v) is 6.50. The summed E-state index contributed by atoms with van der Waals surface area (Å²) in [5, 5.41) is 11.2. The van der Waals surface area contributed by atoms with Crippen LogP contribution in [0.3, 0.4) is 0 Å². The van der Waals surface area contributed by atoms with Crippen molar-refractivity contribution in [2.75, 3.05) is 18.0 Å². The van der Waals surface area contributed by atoms with E-state index in [1.807, 2.05) is 13.8 Å². The number of nitrogens with zero attached hydrogens (tertiary/aromatic N) is 2. The van der Waals surface area contributed by atoms with Crippen molar-refractivity contribution in [1.29, 1.82) is 0 Å². The standard InChI is InChI=1S/C12H15BrN2O2/c1-8-9(2)12(14-5-3-4-6-14)11(15(16)17)7-10(8)13/h7H,3-6H2,1-2H3. The summed E-state index contributed by atoms with van der Waals surface area (Å²) in [6, 6.07) is 1.62. The third-order valence-electron chi connectivity index (χ3n) is 3.40. The molecule has 0 amide bonds. The van der Waals surface area contributed by atoms with Gasteiger partial charge in [-0.2, -0.15) is 0 Å². The van der Waals surface area contributed by atoms with Gasteiger partial charge >= 0.3 is 0 Å². The van der Waals surface area contributed by atoms with E-state index in [9.17, 15) is 10.1 Å². The van der Waals surface area contributed by atoms with Crippen molar-refractivity contribution in [3.63, 3.8) is 0 Å². The van der Waals surface area contributed by atoms with Crippen molar-refractivity contribution in [2.24, 2.45) is 0 Å². The number of rotatable bonds is 2. The van der Waals surface area contributed by atoms with E-state index in [2.05, 4.69) is 20.8 Å². The SMILES string of the molecule is Cc1c(Br)cc([N+](=O)[O-])c(N2CCCC2)c1C. The largest absolute Gasteiger partial charge is 0.366 e. The number of nitro benzene ring substituents is 1. The molecule has 2 rings (SSSR count). The summed E-state index contributed by atoms with van der Waals surface area (Å²) in [5.41, 5.74) is 3.10. The van der Waals surface area contributed by atoms with Gasteiger partial charge < -0.3 is 4.90 Å². The zero-order valence-electron chi connectivity index (χ0n) is 9.99. The van der Waals surface area contributed by atoms with Gasteiger partial charge in [-0.05, 0) is 37.8 Å². The summed E-state index contributed by atoms with van der Waals surface area (Å²) in [5.74, 6) is 0. The molecule has 1 heterocycles. The predicted molar refractivity (Wildman–Crippen MR) is 71.7 cm³/mol. The molecule has 1 aromatic carbocycles. The molecule has 0 unspecified atom stereocenters. The Bertz CT molecular complexity index is 468. The Morgan fingerprint density at radius 3 is 2.41 bits per heavy atom. The Hall–Kier alpha value is -1.10. The van der Waals surface area contributed by atoms with Gasteiger partial charge in [0.15, 0.2) is 0 Å². The summed E-state index contributed by atoms with van der Waals surface area (Å²) in [4.78, 5) is 13.0. The maximum absolute atomic E-state index is 11.2. The van der Waals surface area contributed by atoms with Crippen LogP contribution in [0.2, 0.25) is 0 Å². The Morgan fingerprint density at radius 2 is 1.88 bits per heavy atom. The van der Waals surface area contributed by atoms with Gasteiger partial charge in [0.05, 0.1) is 4.92 Å². The van der Waals surface area contributed by atoms with Crippen LogP contribution in [0.15, 0.2) is 10.5 Å². The lowest BCUT2D eigenvalue weighted by Crippen LogP contribution is -2.20. The lowest BCUT2D eigenvalue weighted by atomic mass is 10.1. The van der Waals surface area contributed by atoms with Crippen LogP contribution in [0.25, 0.3) is 0 Å². The highest BCUT2D eigenvalue weighted by atomic mass is 79.9. The molecule has 0 aromatic heterocycles. The quantitative estimate of drug-likeness (QED) is 0.619. The summed E-state index contributed by atoms with van der Waals surface area (Å²) in [7, 11) is 0. The average molecular weight is 299 g/mol. The zero-order valence-corrected chi connectivity index (χ0v) is 11.6. The molecule has 1 saturated heterocycles. The maximum atomic E-state index is 11.2. The van der Waals surface area contributed by atoms with Gasteiger partial charge in [0.2, 0.25) is 0 Å². The van der Waals surface area contributed by atoms with Crippen molar-refractivity contribution < 1.29 is 4.92 Å². The number of anilines is 1. The van der Waals surface area contributed by atoms with Gasteiger partial charge in [-0.25, -0.2) is 0 Å². The van der Waals surface area contributed by atoms with Crippen LogP contribution in [0, 0.1) is 24.0 Å². The Balaban J connectivity index is 2.61. The minimum absolute atomic E-state index is 0.210. The normalized spacial score (nSPS) is 15.4. The van der Waals surface area contributed by atoms with Crippen LogP contribution in [-0.2, 0) is 0 Å². The van der Waals surface area contributed by atoms with E-state index in [1.165, 1.54) is 0 Å². The molecule has 0 atom stereocenters. The molecule has 0 N–H and O–H groups in total. The molecule has 0 bridgehead atoms. The molecule has 5 heteroatoms. The van der Waals surface area contributed by atoms with E-state index in [4.69, 9.17) is 0 Å². The second kappa shape index (κ2) is 4.64. The number of hydrogen-bond acceptors (Lipinski definition) is 3. The van der Waals surface area contributed by atoms with Gasteiger partial charge in [0.25, 0.3) is 5.69 Å². The second-order valence-electron chi connectivity index (χ2n) is 4.43. The van der Waals surface area contributed by atoms with Gasteiger partial charge in [-0.3, -0.25) is 10.1 Å². The Labute approximate surface area is 109 Å². The van der Waals surface area contributed by atoms with E-state index in [0.717, 1.165) is 47.2 Å². The number of halogens is 1. The van der Waals surface area contributed by atoms with Gasteiger partial charge in [-0.15, -0.1) is 0 Å². The lowest BCUT2D eigenvalue weighted by molar-refractivity contribution is -0.384. The molecular formula is C12H15BrN2O2. The summed E-state index contributed by atoms with van der Waals surface area (Å²) in [6.45, 7) is 5.79. The highest BCUT2D eigenvalue weighted by molar-refractivity contribution is 9.10. The van der Waals surface area contributed by atoms with E-state index in [-0.39, 0.29) is 10.6 Å². The molecular weight excluding hydrogens is 284 g/mol. The molecule has 92 valence electrons. The average Bonchev–Trinajstić information content (AvgIpc) is 2.78. The fourth-order valence-electron chi connectivity index (χ4n) is 2.32. The molecule has 17 heavy (non-hydrogen) atoms. The molecule has 0 radical (unpaired) electrons. The second-order valence-corrected chi connectivity index (χ2v) is 5.28. The van der Waals surface area contributed by atoms with Crippen molar-refractivity contribution in [3.8, 4) is 0 Å². The maximum Gasteiger partial charge on any atom is 0.293 e. The fraction of sp³-hybridized carbons (Fsp3) is 0.500. The lowest BCUT2D eigenvalue weighted by Gasteiger charge is -2.21. The topological polar surface area (TPSA) is 46.4 Å². The van der Waals surface area contributed by atoms with Crippen LogP contribution >= 0.6 is 15.9 Å². The molecule has 1 aliphatic heterocycles. The molecule has 1 aliphatic rings. The van der Waals surface area contributed by atoms with E-state index >= 15 is 0 Å². The molecule has 1 aromatic rings. The number of benzene rings is 1. The minimum atomic E-state index is -0.287. The first kappa shape index (κ1) is 12.4. The van der Waals surface area contributed by atoms with Crippen molar-refractivity contribution in [1.82, 2.24) is 0 Å². The summed E-state index contributed by atoms with van der Waals surface area (Å²) in [6.07, 6.45) is 2.23. The van der Waals surface area contributed by atoms with Crippen LogP contribution < -0.4 is 4.90 Å². The van der Waals surface area contributed by atoms with Crippen molar-refractivity contribution >= 4 is 27.3 Å². The monoisotopic (exact) mass is 298 g/mol. The molecule has 0 saturated carbocycles. The predicted octanol–water partition coefficient (Wildman–Crippen LogP) is 3.57. The van der Waals surface area contributed by atoms with E-state index in [0.29, 0.717) is 0 Å². The molecule has 0 aliphatic carbocycles. The van der Waals surface area contributed by atoms with Gasteiger partial charge in [0, 0.05) is 23.6 Å². The van der Waals surface area contributed by atoms with Crippen LogP contribution in [0.5, 0.6) is 0 Å². The molecule has 4 nitrogen and oxygen atoms in total. The Kier molecular flexibility index (Phi) is 3.38. The summed E-state index contributed by atoms with van der Waals surface area (Å²) < 4.78 is 0.810. The van der Waals surface area contributed by atoms with Gasteiger partial charge in [-0.1, -0.05) is 15.9 Å². The fourth-order valence-corrected chi connectivity index (χ4v) is 2.84. The third-order valence-corrected chi connectivity index (χ3v) is 4.22. The summed E-state index contributed by atoms with van der Waals surface area (Å²) >= 11 is 3.38. The van der Waals surface area contributed by atoms with Crippen molar-refractivity contribution in [2.45, 2.75) is 26.7 Å². The van der Waals surface area contributed by atoms with Crippen LogP contribution in [-0.4, -0.2) is 18.0 Å². The van der Waals surface area contributed by atoms with Crippen LogP contribution in [0.1, 0.15) is 24.0 Å². The third kappa shape index (κ3) is 2.16. The molecule has 0 spiro atoms. The van der Waals surface area contributed by atoms with E-state index in [1.54, 1.807) is 6.07 Å². The zero-order chi connectivity index (χ0) is 12.6. The Morgan fingerprint density at radius 1 is 1.29 bits per heavy atom. The minimum Gasteiger partial charge on any atom is -0.366 e. The van der Waals surface area contributed by atoms with Crippen molar-refractivity contribution in [3.05, 3.63) is 31.8 Å². The smallest absolute Gasteiger partial charge is 0.293 e. The highest BCUT2D eigenvalue weighted by Gasteiger charge is 2.26. The molecule has 1 fully saturated rings. The highest BCUT2D eigenvalue weighted by Crippen LogP contribution is 2.39.